The van der Waals surface area contributed by atoms with E-state index in [2.05, 4.69) is 62.0 Å². The molecule has 3 aromatic carbocycles. The van der Waals surface area contributed by atoms with Gasteiger partial charge in [-0.25, -0.2) is 19.6 Å². The van der Waals surface area contributed by atoms with Crippen molar-refractivity contribution in [3.05, 3.63) is 84.7 Å². The highest BCUT2D eigenvalue weighted by atomic mass is 16.5. The van der Waals surface area contributed by atoms with Gasteiger partial charge >= 0.3 is 12.2 Å². The maximum Gasteiger partial charge on any atom is 0.407 e. The second-order valence-electron chi connectivity index (χ2n) is 15.8. The van der Waals surface area contributed by atoms with Crippen LogP contribution in [0.5, 0.6) is 0 Å². The zero-order chi connectivity index (χ0) is 42.0. The van der Waals surface area contributed by atoms with Gasteiger partial charge in [-0.2, -0.15) is 0 Å². The summed E-state index contributed by atoms with van der Waals surface area (Å²) in [6.45, 7) is 7.96. The van der Waals surface area contributed by atoms with Gasteiger partial charge in [0.25, 0.3) is 0 Å². The molecule has 7 rings (SSSR count). The molecule has 15 heteroatoms. The summed E-state index contributed by atoms with van der Waals surface area (Å²) in [4.78, 5) is 83.0. The summed E-state index contributed by atoms with van der Waals surface area (Å²) >= 11 is 0. The molecule has 0 bridgehead atoms. The zero-order valence-corrected chi connectivity index (χ0v) is 34.1. The minimum absolute atomic E-state index is 0.0565. The molecule has 2 saturated heterocycles. The van der Waals surface area contributed by atoms with Crippen molar-refractivity contribution in [1.82, 2.24) is 40.4 Å². The van der Waals surface area contributed by atoms with Crippen molar-refractivity contribution in [2.24, 2.45) is 11.8 Å². The highest BCUT2D eigenvalue weighted by molar-refractivity contribution is 5.94. The van der Waals surface area contributed by atoms with Crippen LogP contribution in [0, 0.1) is 11.8 Å². The molecule has 2 aliphatic rings. The van der Waals surface area contributed by atoms with Gasteiger partial charge in [0.05, 0.1) is 56.6 Å². The third-order valence-electron chi connectivity index (χ3n) is 11.2. The van der Waals surface area contributed by atoms with Gasteiger partial charge in [0, 0.05) is 18.5 Å². The fraction of sp³-hybridized carbons (Fsp3) is 0.386. The van der Waals surface area contributed by atoms with E-state index in [1.165, 1.54) is 19.1 Å². The topological polar surface area (TPSA) is 192 Å². The van der Waals surface area contributed by atoms with Crippen LogP contribution in [-0.4, -0.2) is 98.9 Å². The number of nitrogens with one attached hydrogen (secondary N) is 4. The number of aromatic amines is 2. The molecule has 4 atom stereocenters. The first-order chi connectivity index (χ1) is 28.3. The lowest BCUT2D eigenvalue weighted by Gasteiger charge is -2.30. The van der Waals surface area contributed by atoms with Gasteiger partial charge in [0.1, 0.15) is 23.7 Å². The fourth-order valence-corrected chi connectivity index (χ4v) is 7.98. The number of imidazole rings is 2. The van der Waals surface area contributed by atoms with Gasteiger partial charge in [0.2, 0.25) is 11.8 Å². The zero-order valence-electron chi connectivity index (χ0n) is 34.1. The number of hydrogen-bond acceptors (Lipinski definition) is 9. The summed E-state index contributed by atoms with van der Waals surface area (Å²) < 4.78 is 9.48. The van der Waals surface area contributed by atoms with Crippen LogP contribution in [0.15, 0.2) is 73.1 Å². The first kappa shape index (κ1) is 40.7. The van der Waals surface area contributed by atoms with E-state index < -0.39 is 30.3 Å². The molecule has 5 aromatic rings. The number of aromatic nitrogens is 4. The van der Waals surface area contributed by atoms with Crippen LogP contribution < -0.4 is 10.6 Å². The van der Waals surface area contributed by atoms with Gasteiger partial charge in [-0.15, -0.1) is 0 Å². The number of amides is 4. The van der Waals surface area contributed by atoms with Gasteiger partial charge in [-0.3, -0.25) is 14.4 Å². The van der Waals surface area contributed by atoms with E-state index in [0.29, 0.717) is 18.2 Å². The Morgan fingerprint density at radius 3 is 1.75 bits per heavy atom. The minimum Gasteiger partial charge on any atom is -0.453 e. The number of ketones is 1. The standard InChI is InChI=1S/C44H50N8O7/c1-24(2)37(49-43(56)58-5)41(54)51-17-7-8-35(51)39-45-22-34(48-39)31-16-15-29-18-28(13-14-30(29)19-31)26-9-11-27(12-10-26)33-21-46-40(47-33)36-20-32(53)23-52(36)42(55)38(25(3)4)50-44(57)59-6/h9-16,18-19,21-22,24-25,35-38H,7-8,17,20,23H2,1-6H3,(H,45,48)(H,46,47)(H,49,56)(H,50,57)/t35-,36-,37?,38-/m0/s1. The summed E-state index contributed by atoms with van der Waals surface area (Å²) in [6, 6.07) is 18.4. The van der Waals surface area contributed by atoms with Crippen molar-refractivity contribution >= 4 is 40.6 Å². The Kier molecular flexibility index (Phi) is 11.8. The van der Waals surface area contributed by atoms with Crippen LogP contribution in [0.3, 0.4) is 0 Å². The van der Waals surface area contributed by atoms with Crippen molar-refractivity contribution in [2.45, 2.75) is 71.1 Å². The van der Waals surface area contributed by atoms with Crippen LogP contribution >= 0.6 is 0 Å². The Labute approximate surface area is 342 Å². The number of hydrogen-bond donors (Lipinski definition) is 4. The predicted octanol–water partition coefficient (Wildman–Crippen LogP) is 6.55. The molecule has 0 aliphatic carbocycles. The van der Waals surface area contributed by atoms with Crippen LogP contribution in [0.4, 0.5) is 9.59 Å². The lowest BCUT2D eigenvalue weighted by atomic mass is 9.98. The molecule has 2 aromatic heterocycles. The number of fused-ring (bicyclic) bond motifs is 1. The van der Waals surface area contributed by atoms with E-state index in [-0.39, 0.29) is 48.4 Å². The normalized spacial score (nSPS) is 17.7. The monoisotopic (exact) mass is 802 g/mol. The molecule has 0 spiro atoms. The molecule has 4 N–H and O–H groups in total. The van der Waals surface area contributed by atoms with E-state index in [0.717, 1.165) is 57.3 Å². The van der Waals surface area contributed by atoms with Crippen molar-refractivity contribution < 1.29 is 33.4 Å². The Balaban J connectivity index is 1.03. The SMILES string of the molecule is COC(=O)NC(C(=O)N1CCC[C@H]1c1ncc(-c2ccc3cc(-c4ccc(-c5cnc([C@@H]6CC(=O)CN6C(=O)[C@@H](NC(=O)OC)C(C)C)[nH]5)cc4)ccc3c2)[nH]1)C(C)C. The Bertz CT molecular complexity index is 2370. The average molecular weight is 803 g/mol. The van der Waals surface area contributed by atoms with E-state index in [4.69, 9.17) is 14.5 Å². The molecule has 2 fully saturated rings. The quantitative estimate of drug-likeness (QED) is 0.115. The molecular formula is C44H50N8O7. The highest BCUT2D eigenvalue weighted by Crippen LogP contribution is 2.35. The second kappa shape index (κ2) is 17.1. The van der Waals surface area contributed by atoms with E-state index in [1.54, 1.807) is 17.3 Å². The molecule has 1 unspecified atom stereocenters. The fourth-order valence-electron chi connectivity index (χ4n) is 7.98. The Hall–Kier alpha value is -6.51. The van der Waals surface area contributed by atoms with Crippen molar-refractivity contribution in [1.29, 1.82) is 0 Å². The number of Topliss-reactive ketones (excluding diaryl/α,β-unsaturated/α-hetero) is 1. The molecule has 308 valence electrons. The summed E-state index contributed by atoms with van der Waals surface area (Å²) in [5.41, 5.74) is 5.56. The molecule has 0 radical (unpaired) electrons. The van der Waals surface area contributed by atoms with Gasteiger partial charge < -0.3 is 39.9 Å². The third kappa shape index (κ3) is 8.54. The third-order valence-corrected chi connectivity index (χ3v) is 11.2. The number of H-pyrrole nitrogens is 2. The van der Waals surface area contributed by atoms with Gasteiger partial charge in [-0.05, 0) is 64.3 Å². The number of alkyl carbamates (subject to hydrolysis) is 2. The van der Waals surface area contributed by atoms with Gasteiger partial charge in [-0.1, -0.05) is 76.2 Å². The summed E-state index contributed by atoms with van der Waals surface area (Å²) in [5.74, 6) is 0.289. The molecule has 59 heavy (non-hydrogen) atoms. The molecule has 15 nitrogen and oxygen atoms in total. The lowest BCUT2D eigenvalue weighted by Crippen LogP contribution is -2.51. The predicted molar refractivity (Wildman–Crippen MR) is 221 cm³/mol. The average Bonchev–Trinajstić information content (AvgIpc) is 4.08. The molecule has 4 amide bonds. The van der Waals surface area contributed by atoms with Crippen LogP contribution in [0.25, 0.3) is 44.4 Å². The second-order valence-corrected chi connectivity index (χ2v) is 15.8. The number of likely N-dealkylation sites (tertiary alicyclic amines) is 2. The molecular weight excluding hydrogens is 753 g/mol. The number of carbonyl (C=O) groups excluding carboxylic acids is 5. The Morgan fingerprint density at radius 1 is 0.678 bits per heavy atom. The van der Waals surface area contributed by atoms with Crippen molar-refractivity contribution in [2.75, 3.05) is 27.3 Å². The number of benzene rings is 3. The number of ether oxygens (including phenoxy) is 2. The van der Waals surface area contributed by atoms with Crippen LogP contribution in [0.1, 0.15) is 70.7 Å². The molecule has 4 heterocycles. The van der Waals surface area contributed by atoms with Crippen molar-refractivity contribution in [3.8, 4) is 33.6 Å². The summed E-state index contributed by atoms with van der Waals surface area (Å²) in [5, 5.41) is 7.44. The maximum atomic E-state index is 13.6. The number of rotatable bonds is 11. The number of methoxy groups -OCH3 is 2. The number of nitrogens with zero attached hydrogens (tertiary/aromatic N) is 4. The highest BCUT2D eigenvalue weighted by Gasteiger charge is 2.41. The Morgan fingerprint density at radius 2 is 1.17 bits per heavy atom. The summed E-state index contributed by atoms with van der Waals surface area (Å²) in [7, 11) is 2.52. The first-order valence-corrected chi connectivity index (χ1v) is 19.9. The number of carbonyl (C=O) groups is 5. The van der Waals surface area contributed by atoms with Crippen molar-refractivity contribution in [3.63, 3.8) is 0 Å². The van der Waals surface area contributed by atoms with Crippen LogP contribution in [0.2, 0.25) is 0 Å². The molecule has 0 saturated carbocycles. The van der Waals surface area contributed by atoms with E-state index in [9.17, 15) is 24.0 Å². The first-order valence-electron chi connectivity index (χ1n) is 19.9. The van der Waals surface area contributed by atoms with E-state index in [1.807, 2.05) is 52.0 Å². The smallest absolute Gasteiger partial charge is 0.407 e. The van der Waals surface area contributed by atoms with E-state index >= 15 is 0 Å². The largest absolute Gasteiger partial charge is 0.453 e. The maximum absolute atomic E-state index is 13.6. The molecule has 2 aliphatic heterocycles. The van der Waals surface area contributed by atoms with Gasteiger partial charge in [0.15, 0.2) is 5.78 Å². The minimum atomic E-state index is -0.851. The van der Waals surface area contributed by atoms with Crippen LogP contribution in [-0.2, 0) is 23.9 Å². The lowest BCUT2D eigenvalue weighted by molar-refractivity contribution is -0.136. The summed E-state index contributed by atoms with van der Waals surface area (Å²) in [6.07, 6.45) is 3.91.